The van der Waals surface area contributed by atoms with Crippen molar-refractivity contribution < 1.29 is 13.2 Å². The predicted octanol–water partition coefficient (Wildman–Crippen LogP) is 1.31. The number of carbonyl (C=O) groups is 1. The minimum atomic E-state index is -2.97. The van der Waals surface area contributed by atoms with E-state index < -0.39 is 9.84 Å². The van der Waals surface area contributed by atoms with Crippen LogP contribution in [0.15, 0.2) is 23.1 Å². The van der Waals surface area contributed by atoms with Crippen LogP contribution in [0.5, 0.6) is 0 Å². The smallest absolute Gasteiger partial charge is 0.232 e. The number of benzene rings is 1. The Balaban J connectivity index is 1.94. The summed E-state index contributed by atoms with van der Waals surface area (Å²) in [6, 6.07) is 5.42. The molecule has 7 heteroatoms. The van der Waals surface area contributed by atoms with Gasteiger partial charge in [0.2, 0.25) is 5.91 Å². The van der Waals surface area contributed by atoms with Gasteiger partial charge in [0.05, 0.1) is 17.3 Å². The van der Waals surface area contributed by atoms with Gasteiger partial charge >= 0.3 is 0 Å². The SMILES string of the molecule is Cc1ccc(N)cc1SCC(=O)N(C)C1CCS(=O)(=O)C1. The first kappa shape index (κ1) is 16.2. The Morgan fingerprint density at radius 2 is 2.19 bits per heavy atom. The third-order valence-electron chi connectivity index (χ3n) is 3.71. The zero-order chi connectivity index (χ0) is 15.6. The van der Waals surface area contributed by atoms with E-state index in [0.717, 1.165) is 10.5 Å². The van der Waals surface area contributed by atoms with Crippen LogP contribution in [0.4, 0.5) is 5.69 Å². The first-order chi connectivity index (χ1) is 9.78. The molecular formula is C14H20N2O3S2. The molecule has 1 amide bonds. The lowest BCUT2D eigenvalue weighted by Gasteiger charge is -2.23. The summed E-state index contributed by atoms with van der Waals surface area (Å²) in [4.78, 5) is 14.7. The van der Waals surface area contributed by atoms with Gasteiger partial charge in [-0.1, -0.05) is 6.07 Å². The van der Waals surface area contributed by atoms with Gasteiger partial charge in [0.1, 0.15) is 0 Å². The summed E-state index contributed by atoms with van der Waals surface area (Å²) in [5, 5.41) is 0. The van der Waals surface area contributed by atoms with Crippen LogP contribution in [-0.4, -0.2) is 49.6 Å². The molecule has 1 aliphatic rings. The molecule has 1 saturated heterocycles. The number of nitrogens with zero attached hydrogens (tertiary/aromatic N) is 1. The summed E-state index contributed by atoms with van der Waals surface area (Å²) in [7, 11) is -1.29. The number of anilines is 1. The van der Waals surface area contributed by atoms with Crippen LogP contribution in [-0.2, 0) is 14.6 Å². The highest BCUT2D eigenvalue weighted by Crippen LogP contribution is 2.25. The molecule has 1 aromatic carbocycles. The van der Waals surface area contributed by atoms with Crippen molar-refractivity contribution >= 4 is 33.2 Å². The van der Waals surface area contributed by atoms with Crippen LogP contribution in [0.3, 0.4) is 0 Å². The van der Waals surface area contributed by atoms with E-state index in [1.165, 1.54) is 11.8 Å². The maximum absolute atomic E-state index is 12.2. The highest BCUT2D eigenvalue weighted by atomic mass is 32.2. The quantitative estimate of drug-likeness (QED) is 0.666. The summed E-state index contributed by atoms with van der Waals surface area (Å²) < 4.78 is 22.9. The molecule has 1 aliphatic heterocycles. The Morgan fingerprint density at radius 1 is 1.48 bits per heavy atom. The lowest BCUT2D eigenvalue weighted by molar-refractivity contribution is -0.128. The Kier molecular flexibility index (Phi) is 4.83. The molecule has 0 saturated carbocycles. The molecule has 0 spiro atoms. The molecule has 0 aliphatic carbocycles. The van der Waals surface area contributed by atoms with Crippen LogP contribution in [0.25, 0.3) is 0 Å². The van der Waals surface area contributed by atoms with Crippen molar-refractivity contribution in [1.29, 1.82) is 0 Å². The van der Waals surface area contributed by atoms with Crippen LogP contribution in [0.2, 0.25) is 0 Å². The Hall–Kier alpha value is -1.21. The third kappa shape index (κ3) is 4.14. The van der Waals surface area contributed by atoms with E-state index in [0.29, 0.717) is 12.1 Å². The van der Waals surface area contributed by atoms with Gasteiger partial charge < -0.3 is 10.6 Å². The second kappa shape index (κ2) is 6.27. The lowest BCUT2D eigenvalue weighted by Crippen LogP contribution is -2.38. The van der Waals surface area contributed by atoms with E-state index in [4.69, 9.17) is 5.73 Å². The molecule has 0 radical (unpaired) electrons. The molecule has 2 N–H and O–H groups in total. The van der Waals surface area contributed by atoms with Gasteiger partial charge in [0.15, 0.2) is 9.84 Å². The second-order valence-corrected chi connectivity index (χ2v) is 8.62. The van der Waals surface area contributed by atoms with E-state index in [-0.39, 0.29) is 29.2 Å². The number of aryl methyl sites for hydroxylation is 1. The molecule has 5 nitrogen and oxygen atoms in total. The second-order valence-electron chi connectivity index (χ2n) is 5.38. The van der Waals surface area contributed by atoms with Crippen LogP contribution in [0, 0.1) is 6.92 Å². The number of nitrogen functional groups attached to an aromatic ring is 1. The minimum absolute atomic E-state index is 0.0519. The van der Waals surface area contributed by atoms with Crippen LogP contribution >= 0.6 is 11.8 Å². The number of nitrogens with two attached hydrogens (primary N) is 1. The largest absolute Gasteiger partial charge is 0.399 e. The number of sulfone groups is 1. The fourth-order valence-electron chi connectivity index (χ4n) is 2.30. The molecule has 21 heavy (non-hydrogen) atoms. The van der Waals surface area contributed by atoms with E-state index in [1.807, 2.05) is 25.1 Å². The van der Waals surface area contributed by atoms with Crippen molar-refractivity contribution in [1.82, 2.24) is 4.90 Å². The molecule has 1 aromatic rings. The number of carbonyl (C=O) groups excluding carboxylic acids is 1. The average molecular weight is 328 g/mol. The first-order valence-corrected chi connectivity index (χ1v) is 9.54. The normalized spacial score (nSPS) is 20.4. The minimum Gasteiger partial charge on any atom is -0.399 e. The number of hydrogen-bond acceptors (Lipinski definition) is 5. The Bertz CT molecular complexity index is 644. The highest BCUT2D eigenvalue weighted by Gasteiger charge is 2.32. The molecule has 0 aromatic heterocycles. The molecule has 1 fully saturated rings. The van der Waals surface area contributed by atoms with Crippen molar-refractivity contribution in [2.24, 2.45) is 0 Å². The first-order valence-electron chi connectivity index (χ1n) is 6.73. The van der Waals surface area contributed by atoms with Gasteiger partial charge in [-0.25, -0.2) is 8.42 Å². The van der Waals surface area contributed by atoms with Crippen LogP contribution < -0.4 is 5.73 Å². The highest BCUT2D eigenvalue weighted by molar-refractivity contribution is 8.00. The van der Waals surface area contributed by atoms with Gasteiger partial charge in [-0.3, -0.25) is 4.79 Å². The monoisotopic (exact) mass is 328 g/mol. The fourth-order valence-corrected chi connectivity index (χ4v) is 5.07. The topological polar surface area (TPSA) is 80.5 Å². The molecule has 116 valence electrons. The van der Waals surface area contributed by atoms with Crippen molar-refractivity contribution in [3.05, 3.63) is 23.8 Å². The Labute approximate surface area is 129 Å². The zero-order valence-corrected chi connectivity index (χ0v) is 13.8. The lowest BCUT2D eigenvalue weighted by atomic mass is 10.2. The van der Waals surface area contributed by atoms with E-state index >= 15 is 0 Å². The van der Waals surface area contributed by atoms with Gasteiger partial charge in [-0.2, -0.15) is 0 Å². The summed E-state index contributed by atoms with van der Waals surface area (Å²) >= 11 is 1.44. The van der Waals surface area contributed by atoms with Gasteiger partial charge in [0.25, 0.3) is 0 Å². The third-order valence-corrected chi connectivity index (χ3v) is 6.61. The molecule has 1 unspecified atom stereocenters. The standard InChI is InChI=1S/C14H20N2O3S2/c1-10-3-4-11(15)7-13(10)20-8-14(17)16(2)12-5-6-21(18,19)9-12/h3-4,7,12H,5-6,8-9,15H2,1-2H3. The summed E-state index contributed by atoms with van der Waals surface area (Å²) in [5.41, 5.74) is 7.50. The van der Waals surface area contributed by atoms with Crippen molar-refractivity contribution in [3.63, 3.8) is 0 Å². The predicted molar refractivity (Wildman–Crippen MR) is 86.1 cm³/mol. The van der Waals surface area contributed by atoms with Crippen molar-refractivity contribution in [3.8, 4) is 0 Å². The van der Waals surface area contributed by atoms with Crippen LogP contribution in [0.1, 0.15) is 12.0 Å². The molecule has 1 heterocycles. The molecule has 0 bridgehead atoms. The molecule has 2 rings (SSSR count). The van der Waals surface area contributed by atoms with Crippen molar-refractivity contribution in [2.45, 2.75) is 24.3 Å². The number of thioether (sulfide) groups is 1. The summed E-state index contributed by atoms with van der Waals surface area (Å²) in [5.74, 6) is 0.495. The van der Waals surface area contributed by atoms with E-state index in [9.17, 15) is 13.2 Å². The average Bonchev–Trinajstić information content (AvgIpc) is 2.79. The summed E-state index contributed by atoms with van der Waals surface area (Å²) in [6.45, 7) is 1.97. The van der Waals surface area contributed by atoms with E-state index in [2.05, 4.69) is 0 Å². The maximum Gasteiger partial charge on any atom is 0.232 e. The molecule has 1 atom stereocenters. The number of hydrogen-bond donors (Lipinski definition) is 1. The number of rotatable bonds is 4. The number of amides is 1. The molecular weight excluding hydrogens is 308 g/mol. The van der Waals surface area contributed by atoms with Gasteiger partial charge in [-0.05, 0) is 31.0 Å². The van der Waals surface area contributed by atoms with E-state index in [1.54, 1.807) is 11.9 Å². The Morgan fingerprint density at radius 3 is 2.81 bits per heavy atom. The fraction of sp³-hybridized carbons (Fsp3) is 0.500. The van der Waals surface area contributed by atoms with Gasteiger partial charge in [0, 0.05) is 23.7 Å². The summed E-state index contributed by atoms with van der Waals surface area (Å²) in [6.07, 6.45) is 0.534. The van der Waals surface area contributed by atoms with Crippen molar-refractivity contribution in [2.75, 3.05) is 30.0 Å². The maximum atomic E-state index is 12.2. The zero-order valence-electron chi connectivity index (χ0n) is 12.2. The van der Waals surface area contributed by atoms with Gasteiger partial charge in [-0.15, -0.1) is 11.8 Å².